The maximum Gasteiger partial charge on any atom is 0.286 e. The number of hydrogen-bond donors (Lipinski definition) is 1. The van der Waals surface area contributed by atoms with Crippen molar-refractivity contribution in [3.05, 3.63) is 27.8 Å². The lowest BCUT2D eigenvalue weighted by Gasteiger charge is -2.24. The van der Waals surface area contributed by atoms with Crippen LogP contribution in [0.25, 0.3) is 0 Å². The van der Waals surface area contributed by atoms with Crippen LogP contribution in [-0.4, -0.2) is 54.6 Å². The van der Waals surface area contributed by atoms with Crippen LogP contribution in [0.2, 0.25) is 0 Å². The summed E-state index contributed by atoms with van der Waals surface area (Å²) in [6.45, 7) is 3.30. The van der Waals surface area contributed by atoms with E-state index in [4.69, 9.17) is 9.47 Å². The molecule has 0 spiro atoms. The molecular weight excluding hydrogens is 362 g/mol. The van der Waals surface area contributed by atoms with E-state index in [0.717, 1.165) is 19.3 Å². The molecule has 1 aromatic rings. The Morgan fingerprint density at radius 3 is 2.69 bits per heavy atom. The van der Waals surface area contributed by atoms with Gasteiger partial charge in [0.2, 0.25) is 0 Å². The van der Waals surface area contributed by atoms with Crippen LogP contribution in [0, 0.1) is 10.1 Å². The molecule has 1 aromatic carbocycles. The Labute approximate surface area is 158 Å². The van der Waals surface area contributed by atoms with Crippen molar-refractivity contribution in [2.24, 2.45) is 0 Å². The molecule has 2 bridgehead atoms. The van der Waals surface area contributed by atoms with E-state index >= 15 is 0 Å². The van der Waals surface area contributed by atoms with E-state index in [1.54, 1.807) is 11.8 Å². The number of benzene rings is 1. The number of fused-ring (bicyclic) bond motifs is 2. The number of nitrogens with one attached hydrogen (secondary N) is 1. The highest BCUT2D eigenvalue weighted by molar-refractivity contribution is 5.99. The van der Waals surface area contributed by atoms with Crippen molar-refractivity contribution < 1.29 is 19.2 Å². The number of rotatable bonds is 5. The van der Waals surface area contributed by atoms with Gasteiger partial charge in [-0.05, 0) is 26.2 Å². The highest BCUT2D eigenvalue weighted by atomic mass is 35.5. The fourth-order valence-electron chi connectivity index (χ4n) is 3.60. The van der Waals surface area contributed by atoms with Crippen LogP contribution in [0.3, 0.4) is 0 Å². The third kappa shape index (κ3) is 4.02. The van der Waals surface area contributed by atoms with E-state index in [0.29, 0.717) is 31.5 Å². The third-order valence-electron chi connectivity index (χ3n) is 4.82. The lowest BCUT2D eigenvalue weighted by molar-refractivity contribution is -0.385. The number of ether oxygens (including phenoxy) is 2. The predicted molar refractivity (Wildman–Crippen MR) is 98.5 cm³/mol. The third-order valence-corrected chi connectivity index (χ3v) is 4.82. The zero-order chi connectivity index (χ0) is 18.0. The summed E-state index contributed by atoms with van der Waals surface area (Å²) in [5.74, 6) is 0.262. The van der Waals surface area contributed by atoms with Crippen molar-refractivity contribution in [2.75, 3.05) is 26.8 Å². The van der Waals surface area contributed by atoms with Gasteiger partial charge < -0.3 is 19.7 Å². The molecule has 0 aromatic heterocycles. The number of carbonyl (C=O) groups excluding carboxylic acids is 1. The van der Waals surface area contributed by atoms with Crippen LogP contribution in [0.5, 0.6) is 11.5 Å². The van der Waals surface area contributed by atoms with Crippen molar-refractivity contribution in [3.8, 4) is 11.5 Å². The first-order chi connectivity index (χ1) is 12.0. The number of amides is 1. The van der Waals surface area contributed by atoms with Crippen LogP contribution in [0.1, 0.15) is 36.5 Å². The average Bonchev–Trinajstić information content (AvgIpc) is 2.93. The van der Waals surface area contributed by atoms with Gasteiger partial charge in [0.25, 0.3) is 11.6 Å². The first-order valence-corrected chi connectivity index (χ1v) is 8.58. The SMILES string of the molecule is CCOc1cc([N+](=O)[O-])c(C(=O)N2CCC3CCC(C2)N3)cc1OC.Cl. The summed E-state index contributed by atoms with van der Waals surface area (Å²) in [6, 6.07) is 3.40. The van der Waals surface area contributed by atoms with Crippen LogP contribution in [-0.2, 0) is 0 Å². The summed E-state index contributed by atoms with van der Waals surface area (Å²) in [5, 5.41) is 15.0. The molecule has 2 heterocycles. The Hall–Kier alpha value is -2.06. The molecule has 3 rings (SSSR count). The summed E-state index contributed by atoms with van der Waals surface area (Å²) in [4.78, 5) is 25.6. The molecule has 1 N–H and O–H groups in total. The van der Waals surface area contributed by atoms with Gasteiger partial charge in [0.15, 0.2) is 11.5 Å². The second-order valence-corrected chi connectivity index (χ2v) is 6.39. The lowest BCUT2D eigenvalue weighted by atomic mass is 10.1. The monoisotopic (exact) mass is 385 g/mol. The first-order valence-electron chi connectivity index (χ1n) is 8.58. The number of nitrogens with zero attached hydrogens (tertiary/aromatic N) is 2. The summed E-state index contributed by atoms with van der Waals surface area (Å²) in [6.07, 6.45) is 3.02. The maximum atomic E-state index is 13.0. The van der Waals surface area contributed by atoms with Gasteiger partial charge >= 0.3 is 0 Å². The van der Waals surface area contributed by atoms with Crippen molar-refractivity contribution in [2.45, 2.75) is 38.3 Å². The largest absolute Gasteiger partial charge is 0.493 e. The highest BCUT2D eigenvalue weighted by Crippen LogP contribution is 2.35. The van der Waals surface area contributed by atoms with Crippen LogP contribution >= 0.6 is 12.4 Å². The molecule has 0 saturated carbocycles. The molecule has 2 saturated heterocycles. The molecule has 2 atom stereocenters. The quantitative estimate of drug-likeness (QED) is 0.617. The van der Waals surface area contributed by atoms with Crippen molar-refractivity contribution in [3.63, 3.8) is 0 Å². The Bertz CT molecular complexity index is 685. The van der Waals surface area contributed by atoms with E-state index in [9.17, 15) is 14.9 Å². The van der Waals surface area contributed by atoms with Gasteiger partial charge in [0.05, 0.1) is 24.7 Å². The Balaban J connectivity index is 0.00000243. The summed E-state index contributed by atoms with van der Waals surface area (Å²) in [7, 11) is 1.45. The van der Waals surface area contributed by atoms with Crippen molar-refractivity contribution in [1.82, 2.24) is 10.2 Å². The highest BCUT2D eigenvalue weighted by Gasteiger charge is 2.34. The number of likely N-dealkylation sites (tertiary alicyclic amines) is 1. The molecule has 8 nitrogen and oxygen atoms in total. The minimum atomic E-state index is -0.544. The van der Waals surface area contributed by atoms with Crippen LogP contribution in [0.15, 0.2) is 12.1 Å². The van der Waals surface area contributed by atoms with Gasteiger partial charge in [-0.2, -0.15) is 0 Å². The molecule has 0 aliphatic carbocycles. The number of carbonyl (C=O) groups is 1. The van der Waals surface area contributed by atoms with Gasteiger partial charge in [-0.3, -0.25) is 14.9 Å². The molecule has 26 heavy (non-hydrogen) atoms. The zero-order valence-corrected chi connectivity index (χ0v) is 15.7. The smallest absolute Gasteiger partial charge is 0.286 e. The number of methoxy groups -OCH3 is 1. The van der Waals surface area contributed by atoms with Crippen LogP contribution < -0.4 is 14.8 Å². The number of nitro benzene ring substituents is 1. The van der Waals surface area contributed by atoms with Gasteiger partial charge in [-0.25, -0.2) is 0 Å². The topological polar surface area (TPSA) is 93.9 Å². The van der Waals surface area contributed by atoms with Gasteiger partial charge in [0, 0.05) is 31.2 Å². The summed E-state index contributed by atoms with van der Waals surface area (Å²) >= 11 is 0. The Morgan fingerprint density at radius 2 is 2.04 bits per heavy atom. The van der Waals surface area contributed by atoms with Gasteiger partial charge in [-0.1, -0.05) is 0 Å². The van der Waals surface area contributed by atoms with Crippen molar-refractivity contribution in [1.29, 1.82) is 0 Å². The molecule has 0 radical (unpaired) electrons. The van der Waals surface area contributed by atoms with E-state index in [-0.39, 0.29) is 41.4 Å². The normalized spacial score (nSPS) is 21.5. The zero-order valence-electron chi connectivity index (χ0n) is 14.9. The van der Waals surface area contributed by atoms with Gasteiger partial charge in [0.1, 0.15) is 5.56 Å². The molecule has 144 valence electrons. The van der Waals surface area contributed by atoms with Crippen molar-refractivity contribution >= 4 is 24.0 Å². The molecule has 9 heteroatoms. The van der Waals surface area contributed by atoms with E-state index in [1.165, 1.54) is 19.2 Å². The fourth-order valence-corrected chi connectivity index (χ4v) is 3.60. The van der Waals surface area contributed by atoms with E-state index in [1.807, 2.05) is 0 Å². The second-order valence-electron chi connectivity index (χ2n) is 6.39. The maximum absolute atomic E-state index is 13.0. The van der Waals surface area contributed by atoms with E-state index < -0.39 is 4.92 Å². The second kappa shape index (κ2) is 8.55. The van der Waals surface area contributed by atoms with E-state index in [2.05, 4.69) is 5.32 Å². The molecule has 2 unspecified atom stereocenters. The summed E-state index contributed by atoms with van der Waals surface area (Å²) in [5.41, 5.74) is -0.209. The fraction of sp³-hybridized carbons (Fsp3) is 0.588. The van der Waals surface area contributed by atoms with Crippen LogP contribution in [0.4, 0.5) is 5.69 Å². The minimum absolute atomic E-state index is 0. The molecule has 2 aliphatic heterocycles. The number of hydrogen-bond acceptors (Lipinski definition) is 6. The molecule has 2 fully saturated rings. The predicted octanol–water partition coefficient (Wildman–Crippen LogP) is 2.39. The minimum Gasteiger partial charge on any atom is -0.493 e. The molecular formula is C17H24ClN3O5. The lowest BCUT2D eigenvalue weighted by Crippen LogP contribution is -2.39. The molecule has 2 aliphatic rings. The molecule has 1 amide bonds. The standard InChI is InChI=1S/C17H23N3O5.ClH/c1-3-25-16-9-14(20(22)23)13(8-15(16)24-2)17(21)19-7-6-11-4-5-12(10-19)18-11;/h8-9,11-12,18H,3-7,10H2,1-2H3;1H. The Kier molecular flexibility index (Phi) is 6.66. The summed E-state index contributed by atoms with van der Waals surface area (Å²) < 4.78 is 10.6. The Morgan fingerprint density at radius 1 is 1.31 bits per heavy atom. The number of halogens is 1. The average molecular weight is 386 g/mol. The number of nitro groups is 1. The van der Waals surface area contributed by atoms with Gasteiger partial charge in [-0.15, -0.1) is 12.4 Å². The first kappa shape index (κ1) is 20.3.